The summed E-state index contributed by atoms with van der Waals surface area (Å²) in [6.07, 6.45) is -3.70. The van der Waals surface area contributed by atoms with E-state index in [4.69, 9.17) is 42.0 Å². The Balaban J connectivity index is 1.52. The van der Waals surface area contributed by atoms with E-state index < -0.39 is 30.6 Å². The van der Waals surface area contributed by atoms with Crippen molar-refractivity contribution >= 4 is 23.5 Å². The van der Waals surface area contributed by atoms with E-state index in [0.717, 1.165) is 22.3 Å². The summed E-state index contributed by atoms with van der Waals surface area (Å²) in [5.74, 6) is -0.461. The molecule has 4 rings (SSSR count). The molecule has 224 valence electrons. The maximum Gasteiger partial charge on any atom is 0.222 e. The summed E-state index contributed by atoms with van der Waals surface area (Å²) in [6, 6.07) is 24.4. The van der Waals surface area contributed by atoms with Crippen LogP contribution in [-0.2, 0) is 37.0 Å². The van der Waals surface area contributed by atoms with Crippen molar-refractivity contribution in [1.29, 1.82) is 0 Å². The Labute approximate surface area is 250 Å². The fourth-order valence-electron chi connectivity index (χ4n) is 4.63. The Morgan fingerprint density at radius 3 is 2.21 bits per heavy atom. The normalized spacial score (nSPS) is 21.9. The number of benzene rings is 3. The van der Waals surface area contributed by atoms with Crippen molar-refractivity contribution in [2.24, 2.45) is 16.5 Å². The zero-order valence-electron chi connectivity index (χ0n) is 23.4. The molecule has 3 aromatic carbocycles. The number of ether oxygens (including phenoxy) is 4. The molecule has 5 atom stereocenters. The molecule has 0 aliphatic carbocycles. The summed E-state index contributed by atoms with van der Waals surface area (Å²) in [4.78, 5) is 16.8. The highest BCUT2D eigenvalue weighted by molar-refractivity contribution is 6.30. The molecular formula is C31H37ClN4O6. The lowest BCUT2D eigenvalue weighted by Gasteiger charge is -2.44. The number of guanidine groups is 1. The van der Waals surface area contributed by atoms with Gasteiger partial charge in [0, 0.05) is 18.6 Å². The highest BCUT2D eigenvalue weighted by atomic mass is 35.5. The number of aliphatic hydroxyl groups excluding tert-OH is 1. The lowest BCUT2D eigenvalue weighted by molar-refractivity contribution is -0.282. The van der Waals surface area contributed by atoms with Crippen molar-refractivity contribution in [2.75, 3.05) is 20.3 Å². The van der Waals surface area contributed by atoms with Gasteiger partial charge in [0.25, 0.3) is 0 Å². The van der Waals surface area contributed by atoms with Crippen LogP contribution in [0.4, 0.5) is 0 Å². The fraction of sp³-hybridized carbons (Fsp3) is 0.355. The predicted molar refractivity (Wildman–Crippen MR) is 160 cm³/mol. The second-order valence-corrected chi connectivity index (χ2v) is 10.4. The van der Waals surface area contributed by atoms with Gasteiger partial charge in [-0.1, -0.05) is 78.3 Å². The second kappa shape index (κ2) is 15.6. The van der Waals surface area contributed by atoms with Crippen LogP contribution in [0.1, 0.15) is 17.5 Å². The molecule has 0 saturated carbocycles. The third-order valence-corrected chi connectivity index (χ3v) is 7.05. The van der Waals surface area contributed by atoms with Crippen molar-refractivity contribution < 1.29 is 28.8 Å². The van der Waals surface area contributed by atoms with Crippen molar-refractivity contribution in [3.63, 3.8) is 0 Å². The number of nitrogens with zero attached hydrogens (tertiary/aromatic N) is 1. The SMILES string of the molecule is COC[C@H]1OC(OCc2ccc(-c3ccccc3)cc2)[C@H](NC(=O)CCN=C(N)N)[C@@H](OCc2ccc(Cl)cc2)[C@@H]1O. The quantitative estimate of drug-likeness (QED) is 0.174. The summed E-state index contributed by atoms with van der Waals surface area (Å²) in [7, 11) is 1.52. The van der Waals surface area contributed by atoms with Crippen LogP contribution in [0.25, 0.3) is 11.1 Å². The van der Waals surface area contributed by atoms with E-state index in [1.54, 1.807) is 12.1 Å². The molecule has 0 spiro atoms. The Morgan fingerprint density at radius 1 is 0.952 bits per heavy atom. The van der Waals surface area contributed by atoms with Gasteiger partial charge in [0.05, 0.1) is 26.4 Å². The monoisotopic (exact) mass is 596 g/mol. The van der Waals surface area contributed by atoms with Gasteiger partial charge in [-0.15, -0.1) is 0 Å². The minimum atomic E-state index is -1.12. The average Bonchev–Trinajstić information content (AvgIpc) is 2.99. The summed E-state index contributed by atoms with van der Waals surface area (Å²) in [5, 5.41) is 14.8. The molecule has 0 radical (unpaired) electrons. The summed E-state index contributed by atoms with van der Waals surface area (Å²) >= 11 is 6.02. The smallest absolute Gasteiger partial charge is 0.222 e. The number of carbonyl (C=O) groups excluding carboxylic acids is 1. The first-order valence-corrected chi connectivity index (χ1v) is 14.0. The molecule has 1 fully saturated rings. The molecule has 42 heavy (non-hydrogen) atoms. The van der Waals surface area contributed by atoms with Crippen molar-refractivity contribution in [3.05, 3.63) is 95.0 Å². The molecule has 11 heteroatoms. The largest absolute Gasteiger partial charge is 0.388 e. The number of rotatable bonds is 13. The number of halogens is 1. The van der Waals surface area contributed by atoms with Gasteiger partial charge in [0.1, 0.15) is 24.4 Å². The van der Waals surface area contributed by atoms with Crippen molar-refractivity contribution in [2.45, 2.75) is 50.3 Å². The molecule has 1 aliphatic heterocycles. The molecule has 1 heterocycles. The number of carbonyl (C=O) groups is 1. The van der Waals surface area contributed by atoms with Crippen LogP contribution in [0.2, 0.25) is 5.02 Å². The van der Waals surface area contributed by atoms with Gasteiger partial charge >= 0.3 is 0 Å². The van der Waals surface area contributed by atoms with Gasteiger partial charge in [-0.3, -0.25) is 9.79 Å². The van der Waals surface area contributed by atoms with Crippen LogP contribution in [-0.4, -0.2) is 67.9 Å². The molecule has 1 aliphatic rings. The predicted octanol–water partition coefficient (Wildman–Crippen LogP) is 2.99. The molecule has 10 nitrogen and oxygen atoms in total. The molecule has 0 bridgehead atoms. The van der Waals surface area contributed by atoms with E-state index in [0.29, 0.717) is 5.02 Å². The van der Waals surface area contributed by atoms with Crippen LogP contribution in [0.3, 0.4) is 0 Å². The zero-order valence-corrected chi connectivity index (χ0v) is 24.2. The van der Waals surface area contributed by atoms with E-state index in [-0.39, 0.29) is 44.7 Å². The Hall–Kier alpha value is -3.51. The van der Waals surface area contributed by atoms with Gasteiger partial charge in [-0.2, -0.15) is 0 Å². The standard InChI is InChI=1S/C31H37ClN4O6/c1-39-19-25-28(38)29(40-17-21-9-13-24(32)14-10-21)27(36-26(37)15-16-35-31(33)34)30(42-25)41-18-20-7-11-23(12-8-20)22-5-3-2-4-6-22/h2-14,25,27-30,38H,15-19H2,1H3,(H,36,37)(H4,33,34,35)/t25-,27-,28-,29-,30?/m1/s1. The Bertz CT molecular complexity index is 1290. The highest BCUT2D eigenvalue weighted by Gasteiger charge is 2.47. The third-order valence-electron chi connectivity index (χ3n) is 6.80. The van der Waals surface area contributed by atoms with E-state index in [2.05, 4.69) is 10.3 Å². The first-order valence-electron chi connectivity index (χ1n) is 13.6. The lowest BCUT2D eigenvalue weighted by Crippen LogP contribution is -2.65. The fourth-order valence-corrected chi connectivity index (χ4v) is 4.76. The van der Waals surface area contributed by atoms with Crippen LogP contribution >= 0.6 is 11.6 Å². The lowest BCUT2D eigenvalue weighted by atomic mass is 9.96. The molecule has 1 unspecified atom stereocenters. The highest BCUT2D eigenvalue weighted by Crippen LogP contribution is 2.27. The van der Waals surface area contributed by atoms with Gasteiger partial charge in [-0.05, 0) is 34.4 Å². The number of amides is 1. The minimum Gasteiger partial charge on any atom is -0.388 e. The maximum absolute atomic E-state index is 12.9. The molecule has 1 amide bonds. The number of aliphatic hydroxyl groups is 1. The van der Waals surface area contributed by atoms with Gasteiger partial charge in [-0.25, -0.2) is 0 Å². The number of nitrogens with two attached hydrogens (primary N) is 2. The molecule has 0 aromatic heterocycles. The van der Waals surface area contributed by atoms with E-state index in [1.807, 2.05) is 66.7 Å². The first kappa shape index (κ1) is 31.4. The summed E-state index contributed by atoms with van der Waals surface area (Å²) in [6.45, 7) is 0.553. The van der Waals surface area contributed by atoms with Crippen LogP contribution in [0.5, 0.6) is 0 Å². The Morgan fingerprint density at radius 2 is 1.57 bits per heavy atom. The van der Waals surface area contributed by atoms with E-state index in [9.17, 15) is 9.90 Å². The van der Waals surface area contributed by atoms with Crippen molar-refractivity contribution in [1.82, 2.24) is 5.32 Å². The van der Waals surface area contributed by atoms with Crippen LogP contribution in [0.15, 0.2) is 83.9 Å². The molecular weight excluding hydrogens is 560 g/mol. The van der Waals surface area contributed by atoms with Gasteiger partial charge in [0.15, 0.2) is 12.2 Å². The van der Waals surface area contributed by atoms with Crippen LogP contribution < -0.4 is 16.8 Å². The zero-order chi connectivity index (χ0) is 29.9. The minimum absolute atomic E-state index is 0.0174. The summed E-state index contributed by atoms with van der Waals surface area (Å²) in [5.41, 5.74) is 14.7. The number of hydrogen-bond acceptors (Lipinski definition) is 7. The summed E-state index contributed by atoms with van der Waals surface area (Å²) < 4.78 is 23.9. The van der Waals surface area contributed by atoms with Crippen molar-refractivity contribution in [3.8, 4) is 11.1 Å². The maximum atomic E-state index is 12.9. The molecule has 3 aromatic rings. The number of methoxy groups -OCH3 is 1. The molecule has 6 N–H and O–H groups in total. The van der Waals surface area contributed by atoms with E-state index in [1.165, 1.54) is 7.11 Å². The van der Waals surface area contributed by atoms with Gasteiger partial charge < -0.3 is 40.8 Å². The Kier molecular flexibility index (Phi) is 11.7. The topological polar surface area (TPSA) is 151 Å². The molecule has 1 saturated heterocycles. The second-order valence-electron chi connectivity index (χ2n) is 9.91. The van der Waals surface area contributed by atoms with Crippen LogP contribution in [0, 0.1) is 0 Å². The first-order chi connectivity index (χ1) is 20.3. The third kappa shape index (κ3) is 8.99. The van der Waals surface area contributed by atoms with E-state index >= 15 is 0 Å². The number of nitrogens with one attached hydrogen (secondary N) is 1. The average molecular weight is 597 g/mol. The number of hydrogen-bond donors (Lipinski definition) is 4. The number of aliphatic imine (C=N–C) groups is 1. The van der Waals surface area contributed by atoms with Gasteiger partial charge in [0.2, 0.25) is 5.91 Å².